The molecule has 118 valence electrons. The van der Waals surface area contributed by atoms with Gasteiger partial charge in [0.15, 0.2) is 0 Å². The van der Waals surface area contributed by atoms with Gasteiger partial charge in [-0.25, -0.2) is 0 Å². The molecule has 0 bridgehead atoms. The fraction of sp³-hybridized carbons (Fsp3) is 0.706. The van der Waals surface area contributed by atoms with Crippen molar-refractivity contribution in [1.82, 2.24) is 9.88 Å². The van der Waals surface area contributed by atoms with Gasteiger partial charge in [0.1, 0.15) is 0 Å². The minimum absolute atomic E-state index is 0.0497. The van der Waals surface area contributed by atoms with Crippen molar-refractivity contribution < 1.29 is 4.79 Å². The SMILES string of the molecule is Cc1ccc(CNC(=O)C2CCC(N)C(C)C2(C)C)n1C. The van der Waals surface area contributed by atoms with Gasteiger partial charge < -0.3 is 15.6 Å². The molecule has 3 unspecified atom stereocenters. The lowest BCUT2D eigenvalue weighted by Crippen LogP contribution is -2.51. The van der Waals surface area contributed by atoms with E-state index in [1.54, 1.807) is 0 Å². The van der Waals surface area contributed by atoms with E-state index >= 15 is 0 Å². The highest BCUT2D eigenvalue weighted by Crippen LogP contribution is 2.44. The van der Waals surface area contributed by atoms with Crippen LogP contribution in [0.15, 0.2) is 12.1 Å². The molecule has 21 heavy (non-hydrogen) atoms. The lowest BCUT2D eigenvalue weighted by molar-refractivity contribution is -0.132. The molecule has 4 heteroatoms. The van der Waals surface area contributed by atoms with Gasteiger partial charge in [-0.3, -0.25) is 4.79 Å². The van der Waals surface area contributed by atoms with Crippen molar-refractivity contribution in [2.75, 3.05) is 0 Å². The van der Waals surface area contributed by atoms with Crippen molar-refractivity contribution in [3.05, 3.63) is 23.5 Å². The Morgan fingerprint density at radius 1 is 1.43 bits per heavy atom. The molecule has 1 aromatic heterocycles. The molecule has 3 N–H and O–H groups in total. The van der Waals surface area contributed by atoms with Crippen molar-refractivity contribution in [3.63, 3.8) is 0 Å². The highest BCUT2D eigenvalue weighted by Gasteiger charge is 2.44. The molecule has 0 aliphatic heterocycles. The van der Waals surface area contributed by atoms with Crippen LogP contribution in [0.25, 0.3) is 0 Å². The Labute approximate surface area is 128 Å². The lowest BCUT2D eigenvalue weighted by atomic mass is 9.61. The van der Waals surface area contributed by atoms with Crippen molar-refractivity contribution in [3.8, 4) is 0 Å². The Kier molecular flexibility index (Phi) is 4.47. The molecule has 1 heterocycles. The number of hydrogen-bond acceptors (Lipinski definition) is 2. The van der Waals surface area contributed by atoms with Crippen molar-refractivity contribution in [2.45, 2.75) is 53.1 Å². The minimum atomic E-state index is -0.0497. The van der Waals surface area contributed by atoms with Crippen molar-refractivity contribution >= 4 is 5.91 Å². The van der Waals surface area contributed by atoms with E-state index in [-0.39, 0.29) is 23.3 Å². The third-order valence-corrected chi connectivity index (χ3v) is 5.74. The molecule has 0 spiro atoms. The predicted octanol–water partition coefficient (Wildman–Crippen LogP) is 2.35. The van der Waals surface area contributed by atoms with Crippen molar-refractivity contribution in [2.24, 2.45) is 30.0 Å². The summed E-state index contributed by atoms with van der Waals surface area (Å²) in [6, 6.07) is 4.35. The van der Waals surface area contributed by atoms with Gasteiger partial charge >= 0.3 is 0 Å². The van der Waals surface area contributed by atoms with E-state index in [0.717, 1.165) is 18.5 Å². The zero-order chi connectivity index (χ0) is 15.8. The summed E-state index contributed by atoms with van der Waals surface area (Å²) in [7, 11) is 2.03. The second-order valence-electron chi connectivity index (χ2n) is 7.15. The number of aromatic nitrogens is 1. The topological polar surface area (TPSA) is 60.1 Å². The van der Waals surface area contributed by atoms with Gasteiger partial charge in [0.25, 0.3) is 0 Å². The van der Waals surface area contributed by atoms with Gasteiger partial charge in [0, 0.05) is 30.4 Å². The predicted molar refractivity (Wildman–Crippen MR) is 85.6 cm³/mol. The molecule has 4 nitrogen and oxygen atoms in total. The fourth-order valence-electron chi connectivity index (χ4n) is 3.46. The first-order chi connectivity index (χ1) is 9.75. The summed E-state index contributed by atoms with van der Waals surface area (Å²) in [4.78, 5) is 12.6. The summed E-state index contributed by atoms with van der Waals surface area (Å²) < 4.78 is 2.12. The van der Waals surface area contributed by atoms with E-state index in [2.05, 4.69) is 49.7 Å². The Morgan fingerprint density at radius 2 is 2.10 bits per heavy atom. The average molecular weight is 291 g/mol. The molecule has 3 atom stereocenters. The molecule has 2 rings (SSSR count). The summed E-state index contributed by atoms with van der Waals surface area (Å²) >= 11 is 0. The van der Waals surface area contributed by atoms with E-state index in [9.17, 15) is 4.79 Å². The molecule has 1 aliphatic carbocycles. The molecular weight excluding hydrogens is 262 g/mol. The maximum atomic E-state index is 12.6. The van der Waals surface area contributed by atoms with E-state index in [4.69, 9.17) is 5.73 Å². The van der Waals surface area contributed by atoms with Crippen LogP contribution in [0.1, 0.15) is 45.0 Å². The Morgan fingerprint density at radius 3 is 2.67 bits per heavy atom. The first-order valence-electron chi connectivity index (χ1n) is 7.89. The van der Waals surface area contributed by atoms with E-state index in [1.165, 1.54) is 5.69 Å². The minimum Gasteiger partial charge on any atom is -0.350 e. The smallest absolute Gasteiger partial charge is 0.223 e. The quantitative estimate of drug-likeness (QED) is 0.898. The van der Waals surface area contributed by atoms with Crippen LogP contribution in [-0.4, -0.2) is 16.5 Å². The molecule has 1 aliphatic rings. The number of nitrogens with one attached hydrogen (secondary N) is 1. The third kappa shape index (κ3) is 3.00. The fourth-order valence-corrected chi connectivity index (χ4v) is 3.46. The molecule has 1 saturated carbocycles. The number of amides is 1. The Balaban J connectivity index is 2.01. The van der Waals surface area contributed by atoms with E-state index in [1.807, 2.05) is 7.05 Å². The van der Waals surface area contributed by atoms with Gasteiger partial charge in [0.2, 0.25) is 5.91 Å². The van der Waals surface area contributed by atoms with Crippen molar-refractivity contribution in [1.29, 1.82) is 0 Å². The zero-order valence-corrected chi connectivity index (χ0v) is 13.9. The van der Waals surface area contributed by atoms with Gasteiger partial charge in [-0.1, -0.05) is 20.8 Å². The lowest BCUT2D eigenvalue weighted by Gasteiger charge is -2.46. The number of carbonyl (C=O) groups excluding carboxylic acids is 1. The van der Waals surface area contributed by atoms with E-state index in [0.29, 0.717) is 12.5 Å². The van der Waals surface area contributed by atoms with Gasteiger partial charge in [0.05, 0.1) is 6.54 Å². The van der Waals surface area contributed by atoms with Crippen LogP contribution in [0.5, 0.6) is 0 Å². The standard InChI is InChI=1S/C17H29N3O/c1-11-6-7-13(20(11)5)10-19-16(21)14-8-9-15(18)12(2)17(14,3)4/h6-7,12,14-15H,8-10,18H2,1-5H3,(H,19,21). The van der Waals surface area contributed by atoms with Crippen LogP contribution in [0.4, 0.5) is 0 Å². The van der Waals surface area contributed by atoms with Crippen LogP contribution in [-0.2, 0) is 18.4 Å². The van der Waals surface area contributed by atoms with Crippen LogP contribution in [0.3, 0.4) is 0 Å². The number of aryl methyl sites for hydroxylation is 1. The summed E-state index contributed by atoms with van der Waals surface area (Å²) in [6.45, 7) is 9.18. The van der Waals surface area contributed by atoms with Gasteiger partial charge in [-0.15, -0.1) is 0 Å². The van der Waals surface area contributed by atoms with Gasteiger partial charge in [-0.05, 0) is 43.2 Å². The van der Waals surface area contributed by atoms with E-state index < -0.39 is 0 Å². The van der Waals surface area contributed by atoms with Crippen LogP contribution < -0.4 is 11.1 Å². The summed E-state index contributed by atoms with van der Waals surface area (Å²) in [6.07, 6.45) is 1.82. The maximum Gasteiger partial charge on any atom is 0.223 e. The number of hydrogen-bond donors (Lipinski definition) is 2. The number of nitrogens with zero attached hydrogens (tertiary/aromatic N) is 1. The molecule has 1 fully saturated rings. The average Bonchev–Trinajstić information content (AvgIpc) is 2.74. The highest BCUT2D eigenvalue weighted by atomic mass is 16.1. The second kappa shape index (κ2) is 5.84. The highest BCUT2D eigenvalue weighted by molar-refractivity contribution is 5.79. The van der Waals surface area contributed by atoms with Crippen LogP contribution in [0, 0.1) is 24.2 Å². The van der Waals surface area contributed by atoms with Crippen LogP contribution in [0.2, 0.25) is 0 Å². The van der Waals surface area contributed by atoms with Crippen LogP contribution >= 0.6 is 0 Å². The molecule has 0 aromatic carbocycles. The number of carbonyl (C=O) groups is 1. The monoisotopic (exact) mass is 291 g/mol. The molecule has 0 saturated heterocycles. The first-order valence-corrected chi connectivity index (χ1v) is 7.89. The molecule has 1 amide bonds. The van der Waals surface area contributed by atoms with Gasteiger partial charge in [-0.2, -0.15) is 0 Å². The second-order valence-corrected chi connectivity index (χ2v) is 7.15. The first kappa shape index (κ1) is 16.1. The zero-order valence-electron chi connectivity index (χ0n) is 13.9. The summed E-state index contributed by atoms with van der Waals surface area (Å²) in [5.74, 6) is 0.575. The normalized spacial score (nSPS) is 28.4. The molecule has 0 radical (unpaired) electrons. The number of rotatable bonds is 3. The maximum absolute atomic E-state index is 12.6. The summed E-state index contributed by atoms with van der Waals surface area (Å²) in [5.41, 5.74) is 8.46. The number of nitrogens with two attached hydrogens (primary N) is 1. The molecule has 1 aromatic rings. The molecular formula is C17H29N3O. The Hall–Kier alpha value is -1.29. The summed E-state index contributed by atoms with van der Waals surface area (Å²) in [5, 5.41) is 3.11. The largest absolute Gasteiger partial charge is 0.350 e. The Bertz CT molecular complexity index is 518. The third-order valence-electron chi connectivity index (χ3n) is 5.74.